The molecular formula is C23H19ClFN3O. The molecule has 0 aliphatic rings. The molecule has 0 unspecified atom stereocenters. The zero-order chi connectivity index (χ0) is 20.2. The van der Waals surface area contributed by atoms with E-state index in [0.717, 1.165) is 17.7 Å². The first-order valence-corrected chi connectivity index (χ1v) is 9.71. The summed E-state index contributed by atoms with van der Waals surface area (Å²) in [5.74, 6) is 0.355. The van der Waals surface area contributed by atoms with E-state index in [1.165, 1.54) is 17.7 Å². The molecular weight excluding hydrogens is 389 g/mol. The van der Waals surface area contributed by atoms with Crippen molar-refractivity contribution in [2.75, 3.05) is 5.32 Å². The number of anilines is 1. The van der Waals surface area contributed by atoms with Crippen LogP contribution in [0.3, 0.4) is 0 Å². The zero-order valence-corrected chi connectivity index (χ0v) is 16.5. The number of nitrogens with zero attached hydrogens (tertiary/aromatic N) is 2. The van der Waals surface area contributed by atoms with E-state index < -0.39 is 11.9 Å². The van der Waals surface area contributed by atoms with Crippen molar-refractivity contribution < 1.29 is 8.81 Å². The first kappa shape index (κ1) is 19.2. The van der Waals surface area contributed by atoms with E-state index in [-0.39, 0.29) is 5.02 Å². The maximum atomic E-state index is 13.6. The topological polar surface area (TPSA) is 51.0 Å². The smallest absolute Gasteiger partial charge is 0.247 e. The number of hydrogen-bond acceptors (Lipinski definition) is 4. The Morgan fingerprint density at radius 1 is 1.00 bits per heavy atom. The molecule has 1 N–H and O–H groups in total. The van der Waals surface area contributed by atoms with E-state index in [9.17, 15) is 4.39 Å². The van der Waals surface area contributed by atoms with Crippen LogP contribution in [0, 0.1) is 5.82 Å². The van der Waals surface area contributed by atoms with Gasteiger partial charge in [0.15, 0.2) is 0 Å². The van der Waals surface area contributed by atoms with Crippen molar-refractivity contribution >= 4 is 17.3 Å². The van der Waals surface area contributed by atoms with Crippen molar-refractivity contribution in [2.45, 2.75) is 19.4 Å². The molecule has 0 spiro atoms. The van der Waals surface area contributed by atoms with Gasteiger partial charge in [-0.3, -0.25) is 0 Å². The minimum atomic E-state index is -0.528. The van der Waals surface area contributed by atoms with E-state index in [2.05, 4.69) is 34.6 Å². The molecule has 0 saturated carbocycles. The van der Waals surface area contributed by atoms with Crippen LogP contribution in [0.25, 0.3) is 11.5 Å². The van der Waals surface area contributed by atoms with Gasteiger partial charge in [-0.25, -0.2) is 4.39 Å². The molecule has 0 aliphatic heterocycles. The molecule has 0 bridgehead atoms. The Morgan fingerprint density at radius 2 is 1.83 bits per heavy atom. The van der Waals surface area contributed by atoms with Crippen LogP contribution in [0.4, 0.5) is 10.1 Å². The maximum absolute atomic E-state index is 13.6. The summed E-state index contributed by atoms with van der Waals surface area (Å²) in [5, 5.41) is 12.1. The normalized spacial score (nSPS) is 12.0. The Labute approximate surface area is 173 Å². The third-order valence-electron chi connectivity index (χ3n) is 4.63. The van der Waals surface area contributed by atoms with Gasteiger partial charge < -0.3 is 9.73 Å². The van der Waals surface area contributed by atoms with Gasteiger partial charge in [-0.15, -0.1) is 10.2 Å². The second-order valence-electron chi connectivity index (χ2n) is 6.61. The Balaban J connectivity index is 1.75. The van der Waals surface area contributed by atoms with Crippen molar-refractivity contribution in [1.82, 2.24) is 10.2 Å². The summed E-state index contributed by atoms with van der Waals surface area (Å²) in [4.78, 5) is 0. The van der Waals surface area contributed by atoms with Crippen LogP contribution in [0.1, 0.15) is 30.0 Å². The summed E-state index contributed by atoms with van der Waals surface area (Å²) in [6.07, 6.45) is 0.913. The molecule has 0 aliphatic carbocycles. The summed E-state index contributed by atoms with van der Waals surface area (Å²) in [5.41, 5.74) is 3.55. The van der Waals surface area contributed by atoms with Crippen molar-refractivity contribution in [3.8, 4) is 11.5 Å². The number of aryl methyl sites for hydroxylation is 1. The van der Waals surface area contributed by atoms with E-state index in [1.807, 2.05) is 42.5 Å². The van der Waals surface area contributed by atoms with Crippen LogP contribution in [0.5, 0.6) is 0 Å². The molecule has 3 aromatic carbocycles. The van der Waals surface area contributed by atoms with Gasteiger partial charge in [0.1, 0.15) is 11.9 Å². The van der Waals surface area contributed by atoms with Crippen LogP contribution in [0.15, 0.2) is 77.2 Å². The second kappa shape index (κ2) is 8.45. The van der Waals surface area contributed by atoms with Gasteiger partial charge in [-0.2, -0.15) is 0 Å². The van der Waals surface area contributed by atoms with Crippen LogP contribution in [0.2, 0.25) is 5.02 Å². The van der Waals surface area contributed by atoms with E-state index in [4.69, 9.17) is 16.0 Å². The van der Waals surface area contributed by atoms with Crippen LogP contribution in [-0.4, -0.2) is 10.2 Å². The van der Waals surface area contributed by atoms with Crippen molar-refractivity contribution in [2.24, 2.45) is 0 Å². The zero-order valence-electron chi connectivity index (χ0n) is 15.8. The van der Waals surface area contributed by atoms with Gasteiger partial charge in [0.2, 0.25) is 11.8 Å². The summed E-state index contributed by atoms with van der Waals surface area (Å²) in [6.45, 7) is 2.09. The molecule has 0 radical (unpaired) electrons. The average molecular weight is 408 g/mol. The Bertz CT molecular complexity index is 1110. The highest BCUT2D eigenvalue weighted by atomic mass is 35.5. The van der Waals surface area contributed by atoms with Gasteiger partial charge in [0.25, 0.3) is 0 Å². The number of benzene rings is 3. The summed E-state index contributed by atoms with van der Waals surface area (Å²) in [6, 6.07) is 21.3. The SMILES string of the molecule is CCc1cccc(N[C@@H](c2nnc(-c3ccccc3)o2)c2ccc(F)cc2Cl)c1. The molecule has 4 aromatic rings. The lowest BCUT2D eigenvalue weighted by Gasteiger charge is -2.19. The van der Waals surface area contributed by atoms with Gasteiger partial charge in [-0.05, 0) is 48.4 Å². The quantitative estimate of drug-likeness (QED) is 0.408. The highest BCUT2D eigenvalue weighted by molar-refractivity contribution is 6.31. The lowest BCUT2D eigenvalue weighted by atomic mass is 10.1. The largest absolute Gasteiger partial charge is 0.418 e. The van der Waals surface area contributed by atoms with Crippen LogP contribution < -0.4 is 5.32 Å². The molecule has 0 amide bonds. The number of aromatic nitrogens is 2. The fraction of sp³-hybridized carbons (Fsp3) is 0.130. The molecule has 1 aromatic heterocycles. The molecule has 6 heteroatoms. The van der Waals surface area contributed by atoms with Gasteiger partial charge in [0.05, 0.1) is 0 Å². The number of rotatable bonds is 6. The van der Waals surface area contributed by atoms with E-state index in [1.54, 1.807) is 6.07 Å². The standard InChI is InChI=1S/C23H19ClFN3O/c1-2-15-7-6-10-18(13-15)26-21(19-12-11-17(25)14-20(19)24)23-28-27-22(29-23)16-8-4-3-5-9-16/h3-14,21,26H,2H2,1H3/t21-/m1/s1. The third kappa shape index (κ3) is 4.30. The first-order chi connectivity index (χ1) is 14.1. The maximum Gasteiger partial charge on any atom is 0.247 e. The minimum absolute atomic E-state index is 0.286. The van der Waals surface area contributed by atoms with Gasteiger partial charge in [0, 0.05) is 21.8 Å². The van der Waals surface area contributed by atoms with Crippen molar-refractivity contribution in [3.63, 3.8) is 0 Å². The summed E-state index contributed by atoms with van der Waals surface area (Å²) < 4.78 is 19.6. The van der Waals surface area contributed by atoms with Gasteiger partial charge in [-0.1, -0.05) is 54.9 Å². The molecule has 4 nitrogen and oxygen atoms in total. The van der Waals surface area contributed by atoms with Crippen molar-refractivity contribution in [1.29, 1.82) is 0 Å². The molecule has 1 heterocycles. The molecule has 4 rings (SSSR count). The van der Waals surface area contributed by atoms with Crippen LogP contribution >= 0.6 is 11.6 Å². The highest BCUT2D eigenvalue weighted by Gasteiger charge is 2.24. The fourth-order valence-corrected chi connectivity index (χ4v) is 3.38. The predicted molar refractivity (Wildman–Crippen MR) is 112 cm³/mol. The summed E-state index contributed by atoms with van der Waals surface area (Å²) >= 11 is 6.35. The monoisotopic (exact) mass is 407 g/mol. The lowest BCUT2D eigenvalue weighted by molar-refractivity contribution is 0.494. The molecule has 0 fully saturated rings. The summed E-state index contributed by atoms with van der Waals surface area (Å²) in [7, 11) is 0. The third-order valence-corrected chi connectivity index (χ3v) is 4.96. The molecule has 0 saturated heterocycles. The van der Waals surface area contributed by atoms with Crippen molar-refractivity contribution in [3.05, 3.63) is 101 Å². The fourth-order valence-electron chi connectivity index (χ4n) is 3.10. The Morgan fingerprint density at radius 3 is 2.59 bits per heavy atom. The van der Waals surface area contributed by atoms with E-state index in [0.29, 0.717) is 17.3 Å². The Kier molecular flexibility index (Phi) is 5.58. The lowest BCUT2D eigenvalue weighted by Crippen LogP contribution is -2.14. The minimum Gasteiger partial charge on any atom is -0.418 e. The number of hydrogen-bond donors (Lipinski definition) is 1. The Hall–Kier alpha value is -3.18. The van der Waals surface area contributed by atoms with Gasteiger partial charge >= 0.3 is 0 Å². The average Bonchev–Trinajstić information content (AvgIpc) is 3.23. The highest BCUT2D eigenvalue weighted by Crippen LogP contribution is 2.33. The molecule has 29 heavy (non-hydrogen) atoms. The predicted octanol–water partition coefficient (Wildman–Crippen LogP) is 6.29. The van der Waals surface area contributed by atoms with Crippen LogP contribution in [-0.2, 0) is 6.42 Å². The number of halogens is 2. The molecule has 1 atom stereocenters. The number of nitrogens with one attached hydrogen (secondary N) is 1. The second-order valence-corrected chi connectivity index (χ2v) is 7.02. The van der Waals surface area contributed by atoms with E-state index >= 15 is 0 Å². The first-order valence-electron chi connectivity index (χ1n) is 9.33. The molecule has 146 valence electrons.